The van der Waals surface area contributed by atoms with Gasteiger partial charge in [-0.25, -0.2) is 0 Å². The maximum atomic E-state index is 12.2. The summed E-state index contributed by atoms with van der Waals surface area (Å²) in [5.74, 6) is -0.370. The minimum absolute atomic E-state index is 0.185. The van der Waals surface area contributed by atoms with E-state index in [4.69, 9.17) is 0 Å². The number of carbonyl (C=O) groups excluding carboxylic acids is 2. The van der Waals surface area contributed by atoms with E-state index in [1.807, 2.05) is 30.3 Å². The van der Waals surface area contributed by atoms with Crippen molar-refractivity contribution in [2.45, 2.75) is 6.42 Å². The lowest BCUT2D eigenvalue weighted by molar-refractivity contribution is 0.0654. The SMILES string of the molecule is O=C1c2ccccc2C(=O)N1CCCNc1ccccc1. The summed E-state index contributed by atoms with van der Waals surface area (Å²) >= 11 is 0. The van der Waals surface area contributed by atoms with Crippen LogP contribution in [-0.4, -0.2) is 29.8 Å². The van der Waals surface area contributed by atoms with Crippen molar-refractivity contribution in [1.82, 2.24) is 4.90 Å². The summed E-state index contributed by atoms with van der Waals surface area (Å²) in [5.41, 5.74) is 2.07. The summed E-state index contributed by atoms with van der Waals surface area (Å²) in [5, 5.41) is 3.27. The Hall–Kier alpha value is -2.62. The van der Waals surface area contributed by atoms with Gasteiger partial charge < -0.3 is 5.32 Å². The molecule has 106 valence electrons. The lowest BCUT2D eigenvalue weighted by atomic mass is 10.1. The third-order valence-electron chi connectivity index (χ3n) is 3.54. The van der Waals surface area contributed by atoms with Crippen LogP contribution in [0.15, 0.2) is 54.6 Å². The molecule has 0 radical (unpaired) electrons. The van der Waals surface area contributed by atoms with Gasteiger partial charge in [-0.2, -0.15) is 0 Å². The molecule has 1 aliphatic heterocycles. The Balaban J connectivity index is 1.55. The summed E-state index contributed by atoms with van der Waals surface area (Å²) in [7, 11) is 0. The van der Waals surface area contributed by atoms with Crippen LogP contribution in [0.5, 0.6) is 0 Å². The summed E-state index contributed by atoms with van der Waals surface area (Å²) in [6.45, 7) is 1.16. The van der Waals surface area contributed by atoms with E-state index in [1.54, 1.807) is 24.3 Å². The second-order valence-corrected chi connectivity index (χ2v) is 4.95. The van der Waals surface area contributed by atoms with Crippen molar-refractivity contribution in [3.05, 3.63) is 65.7 Å². The zero-order valence-corrected chi connectivity index (χ0v) is 11.6. The fourth-order valence-electron chi connectivity index (χ4n) is 2.47. The molecular formula is C17H16N2O2. The van der Waals surface area contributed by atoms with Gasteiger partial charge in [0.05, 0.1) is 11.1 Å². The number of benzene rings is 2. The highest BCUT2D eigenvalue weighted by atomic mass is 16.2. The van der Waals surface area contributed by atoms with Crippen LogP contribution in [-0.2, 0) is 0 Å². The first-order valence-corrected chi connectivity index (χ1v) is 7.01. The molecule has 0 aliphatic carbocycles. The molecule has 4 heteroatoms. The molecule has 0 saturated carbocycles. The van der Waals surface area contributed by atoms with Gasteiger partial charge in [0.25, 0.3) is 11.8 Å². The number of anilines is 1. The first kappa shape index (κ1) is 13.4. The smallest absolute Gasteiger partial charge is 0.261 e. The van der Waals surface area contributed by atoms with E-state index >= 15 is 0 Å². The van der Waals surface area contributed by atoms with E-state index in [0.717, 1.165) is 18.7 Å². The minimum Gasteiger partial charge on any atom is -0.385 e. The number of hydrogen-bond donors (Lipinski definition) is 1. The molecule has 21 heavy (non-hydrogen) atoms. The first-order valence-electron chi connectivity index (χ1n) is 7.01. The van der Waals surface area contributed by atoms with Crippen molar-refractivity contribution in [2.75, 3.05) is 18.4 Å². The fourth-order valence-corrected chi connectivity index (χ4v) is 2.47. The van der Waals surface area contributed by atoms with Gasteiger partial charge in [-0.1, -0.05) is 30.3 Å². The Kier molecular flexibility index (Phi) is 3.69. The number of nitrogens with one attached hydrogen (secondary N) is 1. The zero-order valence-electron chi connectivity index (χ0n) is 11.6. The largest absolute Gasteiger partial charge is 0.385 e. The molecule has 0 fully saturated rings. The Morgan fingerprint density at radius 2 is 1.38 bits per heavy atom. The van der Waals surface area contributed by atoms with E-state index in [1.165, 1.54) is 4.90 Å². The van der Waals surface area contributed by atoms with Gasteiger partial charge in [0.2, 0.25) is 0 Å². The number of fused-ring (bicyclic) bond motifs is 1. The maximum Gasteiger partial charge on any atom is 0.261 e. The van der Waals surface area contributed by atoms with Crippen LogP contribution in [0.2, 0.25) is 0 Å². The molecule has 0 atom stereocenters. The highest BCUT2D eigenvalue weighted by Crippen LogP contribution is 2.22. The molecule has 1 N–H and O–H groups in total. The van der Waals surface area contributed by atoms with Crippen molar-refractivity contribution in [2.24, 2.45) is 0 Å². The molecule has 2 aromatic carbocycles. The molecule has 1 heterocycles. The fraction of sp³-hybridized carbons (Fsp3) is 0.176. The molecule has 2 aromatic rings. The van der Waals surface area contributed by atoms with Gasteiger partial charge in [0.15, 0.2) is 0 Å². The van der Waals surface area contributed by atoms with Gasteiger partial charge in [-0.3, -0.25) is 14.5 Å². The molecule has 1 aliphatic rings. The number of nitrogens with zero attached hydrogens (tertiary/aromatic N) is 1. The Morgan fingerprint density at radius 1 is 0.810 bits per heavy atom. The molecule has 0 bridgehead atoms. The number of imide groups is 1. The van der Waals surface area contributed by atoms with Crippen LogP contribution < -0.4 is 5.32 Å². The van der Waals surface area contributed by atoms with Crippen molar-refractivity contribution in [3.8, 4) is 0 Å². The first-order chi connectivity index (χ1) is 10.3. The van der Waals surface area contributed by atoms with Gasteiger partial charge in [0.1, 0.15) is 0 Å². The third kappa shape index (κ3) is 2.65. The van der Waals surface area contributed by atoms with Crippen LogP contribution in [0.25, 0.3) is 0 Å². The van der Waals surface area contributed by atoms with Crippen LogP contribution in [0.1, 0.15) is 27.1 Å². The summed E-state index contributed by atoms with van der Waals surface area (Å²) in [6.07, 6.45) is 0.723. The molecule has 0 saturated heterocycles. The number of hydrogen-bond acceptors (Lipinski definition) is 3. The van der Waals surface area contributed by atoms with Crippen LogP contribution in [0.3, 0.4) is 0 Å². The van der Waals surface area contributed by atoms with E-state index in [9.17, 15) is 9.59 Å². The second kappa shape index (κ2) is 5.79. The average Bonchev–Trinajstić information content (AvgIpc) is 2.77. The van der Waals surface area contributed by atoms with Crippen molar-refractivity contribution in [1.29, 1.82) is 0 Å². The van der Waals surface area contributed by atoms with E-state index in [2.05, 4.69) is 5.32 Å². The van der Waals surface area contributed by atoms with Crippen molar-refractivity contribution in [3.63, 3.8) is 0 Å². The molecular weight excluding hydrogens is 264 g/mol. The minimum atomic E-state index is -0.185. The second-order valence-electron chi connectivity index (χ2n) is 4.95. The van der Waals surface area contributed by atoms with Crippen molar-refractivity contribution < 1.29 is 9.59 Å². The van der Waals surface area contributed by atoms with E-state index < -0.39 is 0 Å². The van der Waals surface area contributed by atoms with Crippen LogP contribution in [0, 0.1) is 0 Å². The molecule has 0 spiro atoms. The van der Waals surface area contributed by atoms with Gasteiger partial charge in [0, 0.05) is 18.8 Å². The van der Waals surface area contributed by atoms with Crippen LogP contribution >= 0.6 is 0 Å². The molecule has 0 unspecified atom stereocenters. The Labute approximate surface area is 123 Å². The molecule has 2 amide bonds. The van der Waals surface area contributed by atoms with Crippen molar-refractivity contribution >= 4 is 17.5 Å². The lowest BCUT2D eigenvalue weighted by Gasteiger charge is -2.14. The normalized spacial score (nSPS) is 13.4. The summed E-state index contributed by atoms with van der Waals surface area (Å²) in [6, 6.07) is 16.8. The number of amides is 2. The predicted molar refractivity (Wildman–Crippen MR) is 81.4 cm³/mol. The molecule has 3 rings (SSSR count). The lowest BCUT2D eigenvalue weighted by Crippen LogP contribution is -2.31. The highest BCUT2D eigenvalue weighted by molar-refractivity contribution is 6.21. The Bertz CT molecular complexity index is 633. The maximum absolute atomic E-state index is 12.2. The molecule has 4 nitrogen and oxygen atoms in total. The van der Waals surface area contributed by atoms with Gasteiger partial charge in [-0.05, 0) is 30.7 Å². The van der Waals surface area contributed by atoms with E-state index in [0.29, 0.717) is 17.7 Å². The Morgan fingerprint density at radius 3 is 2.00 bits per heavy atom. The summed E-state index contributed by atoms with van der Waals surface area (Å²) in [4.78, 5) is 25.6. The average molecular weight is 280 g/mol. The standard InChI is InChI=1S/C17H16N2O2/c20-16-14-9-4-5-10-15(14)17(21)19(16)12-6-11-18-13-7-2-1-3-8-13/h1-5,7-10,18H,6,11-12H2. The number of para-hydroxylation sites is 1. The predicted octanol–water partition coefficient (Wildman–Crippen LogP) is 2.78. The number of rotatable bonds is 5. The van der Waals surface area contributed by atoms with Gasteiger partial charge in [-0.15, -0.1) is 0 Å². The zero-order chi connectivity index (χ0) is 14.7. The van der Waals surface area contributed by atoms with Gasteiger partial charge >= 0.3 is 0 Å². The van der Waals surface area contributed by atoms with Crippen LogP contribution in [0.4, 0.5) is 5.69 Å². The number of carbonyl (C=O) groups is 2. The molecule has 0 aromatic heterocycles. The van der Waals surface area contributed by atoms with E-state index in [-0.39, 0.29) is 11.8 Å². The topological polar surface area (TPSA) is 49.4 Å². The monoisotopic (exact) mass is 280 g/mol. The third-order valence-corrected chi connectivity index (χ3v) is 3.54. The highest BCUT2D eigenvalue weighted by Gasteiger charge is 2.34. The quantitative estimate of drug-likeness (QED) is 0.677. The summed E-state index contributed by atoms with van der Waals surface area (Å²) < 4.78 is 0.